The van der Waals surface area contributed by atoms with Crippen LogP contribution in [-0.2, 0) is 19.6 Å². The topological polar surface area (TPSA) is 105 Å². The highest BCUT2D eigenvalue weighted by Gasteiger charge is 2.36. The monoisotopic (exact) mass is 490 g/mol. The fourth-order valence-corrected chi connectivity index (χ4v) is 6.46. The third-order valence-corrected chi connectivity index (χ3v) is 8.87. The average molecular weight is 491 g/mol. The van der Waals surface area contributed by atoms with Gasteiger partial charge in [0.1, 0.15) is 10.6 Å². The minimum absolute atomic E-state index is 0.0202. The number of sulfonamides is 1. The molecule has 2 fully saturated rings. The number of benzene rings is 1. The molecule has 2 saturated heterocycles. The van der Waals surface area contributed by atoms with Crippen molar-refractivity contribution in [2.24, 2.45) is 5.92 Å². The van der Waals surface area contributed by atoms with E-state index >= 15 is 0 Å². The molecule has 0 saturated carbocycles. The Morgan fingerprint density at radius 2 is 1.74 bits per heavy atom. The van der Waals surface area contributed by atoms with E-state index < -0.39 is 10.0 Å². The van der Waals surface area contributed by atoms with E-state index in [0.717, 1.165) is 25.2 Å². The molecular formula is C24H34N4O5S. The SMILES string of the molecule is Cc1ccc([C@@H](CN2CCOCC2)NC(=O)C2CCN(S(=O)(=O)c3c(C)noc3C)CC2)cc1. The summed E-state index contributed by atoms with van der Waals surface area (Å²) >= 11 is 0. The normalized spacial score (nSPS) is 19.7. The summed E-state index contributed by atoms with van der Waals surface area (Å²) in [5, 5.41) is 7.03. The van der Waals surface area contributed by atoms with Crippen molar-refractivity contribution in [3.05, 3.63) is 46.8 Å². The molecule has 0 spiro atoms. The number of aryl methyl sites for hydroxylation is 3. The van der Waals surface area contributed by atoms with Crippen molar-refractivity contribution >= 4 is 15.9 Å². The van der Waals surface area contributed by atoms with Crippen molar-refractivity contribution < 1.29 is 22.5 Å². The molecule has 1 aromatic carbocycles. The molecular weight excluding hydrogens is 456 g/mol. The van der Waals surface area contributed by atoms with Gasteiger partial charge in [-0.2, -0.15) is 4.31 Å². The number of nitrogens with zero attached hydrogens (tertiary/aromatic N) is 3. The van der Waals surface area contributed by atoms with Gasteiger partial charge in [-0.3, -0.25) is 9.69 Å². The molecule has 1 aromatic heterocycles. The van der Waals surface area contributed by atoms with Gasteiger partial charge < -0.3 is 14.6 Å². The third-order valence-electron chi connectivity index (χ3n) is 6.73. The number of carbonyl (C=O) groups excluding carboxylic acids is 1. The molecule has 0 aliphatic carbocycles. The second kappa shape index (κ2) is 10.6. The molecule has 9 nitrogen and oxygen atoms in total. The summed E-state index contributed by atoms with van der Waals surface area (Å²) in [7, 11) is -3.69. The van der Waals surface area contributed by atoms with Gasteiger partial charge in [0.15, 0.2) is 5.76 Å². The van der Waals surface area contributed by atoms with E-state index in [4.69, 9.17) is 9.26 Å². The first-order chi connectivity index (χ1) is 16.3. The van der Waals surface area contributed by atoms with Crippen molar-refractivity contribution in [1.82, 2.24) is 19.7 Å². The lowest BCUT2D eigenvalue weighted by atomic mass is 9.96. The fraction of sp³-hybridized carbons (Fsp3) is 0.583. The maximum atomic E-state index is 13.2. The predicted octanol–water partition coefficient (Wildman–Crippen LogP) is 2.19. The van der Waals surface area contributed by atoms with Crippen LogP contribution in [-0.4, -0.2) is 74.6 Å². The van der Waals surface area contributed by atoms with E-state index in [9.17, 15) is 13.2 Å². The Labute approximate surface area is 201 Å². The molecule has 4 rings (SSSR count). The molecule has 34 heavy (non-hydrogen) atoms. The Kier molecular flexibility index (Phi) is 7.71. The van der Waals surface area contributed by atoms with Crippen LogP contribution in [0.1, 0.15) is 41.5 Å². The van der Waals surface area contributed by atoms with E-state index in [1.165, 1.54) is 9.87 Å². The number of aromatic nitrogens is 1. The maximum absolute atomic E-state index is 13.2. The molecule has 2 aliphatic heterocycles. The molecule has 1 amide bonds. The van der Waals surface area contributed by atoms with Gasteiger partial charge in [0.05, 0.1) is 19.3 Å². The Hall–Kier alpha value is -2.27. The first-order valence-electron chi connectivity index (χ1n) is 11.9. The lowest BCUT2D eigenvalue weighted by molar-refractivity contribution is -0.127. The zero-order valence-electron chi connectivity index (χ0n) is 20.1. The minimum Gasteiger partial charge on any atom is -0.379 e. The van der Waals surface area contributed by atoms with Crippen LogP contribution in [0.25, 0.3) is 0 Å². The van der Waals surface area contributed by atoms with Gasteiger partial charge in [0, 0.05) is 38.6 Å². The Balaban J connectivity index is 1.41. The van der Waals surface area contributed by atoms with E-state index in [1.54, 1.807) is 13.8 Å². The first-order valence-corrected chi connectivity index (χ1v) is 13.3. The third kappa shape index (κ3) is 5.51. The molecule has 0 bridgehead atoms. The molecule has 1 atom stereocenters. The van der Waals surface area contributed by atoms with E-state index in [-0.39, 0.29) is 22.8 Å². The van der Waals surface area contributed by atoms with Crippen LogP contribution in [0.15, 0.2) is 33.7 Å². The quantitative estimate of drug-likeness (QED) is 0.634. The first kappa shape index (κ1) is 24.8. The summed E-state index contributed by atoms with van der Waals surface area (Å²) in [6, 6.07) is 8.13. The van der Waals surface area contributed by atoms with Crippen LogP contribution in [0.5, 0.6) is 0 Å². The van der Waals surface area contributed by atoms with Gasteiger partial charge in [-0.05, 0) is 39.2 Å². The molecule has 2 aromatic rings. The zero-order chi connectivity index (χ0) is 24.3. The van der Waals surface area contributed by atoms with Gasteiger partial charge in [-0.1, -0.05) is 35.0 Å². The van der Waals surface area contributed by atoms with Crippen LogP contribution < -0.4 is 5.32 Å². The van der Waals surface area contributed by atoms with Crippen LogP contribution >= 0.6 is 0 Å². The molecule has 10 heteroatoms. The standard InChI is InChI=1S/C24H34N4O5S/c1-17-4-6-20(7-5-17)22(16-27-12-14-32-15-13-27)25-24(29)21-8-10-28(11-9-21)34(30,31)23-18(2)26-33-19(23)3/h4-7,21-22H,8-16H2,1-3H3,(H,25,29)/t22-/m1/s1. The maximum Gasteiger partial charge on any atom is 0.248 e. The fourth-order valence-electron chi connectivity index (χ4n) is 4.69. The van der Waals surface area contributed by atoms with Gasteiger partial charge >= 0.3 is 0 Å². The Morgan fingerprint density at radius 3 is 2.32 bits per heavy atom. The summed E-state index contributed by atoms with van der Waals surface area (Å²) in [4.78, 5) is 15.7. The van der Waals surface area contributed by atoms with Gasteiger partial charge in [-0.25, -0.2) is 8.42 Å². The molecule has 1 N–H and O–H groups in total. The number of hydrogen-bond donors (Lipinski definition) is 1. The Bertz CT molecular complexity index is 1070. The van der Waals surface area contributed by atoms with Crippen molar-refractivity contribution in [2.45, 2.75) is 44.6 Å². The molecule has 0 unspecified atom stereocenters. The summed E-state index contributed by atoms with van der Waals surface area (Å²) in [6.45, 7) is 9.68. The smallest absolute Gasteiger partial charge is 0.248 e. The lowest BCUT2D eigenvalue weighted by Crippen LogP contribution is -2.46. The summed E-state index contributed by atoms with van der Waals surface area (Å²) in [5.41, 5.74) is 2.61. The highest BCUT2D eigenvalue weighted by Crippen LogP contribution is 2.28. The lowest BCUT2D eigenvalue weighted by Gasteiger charge is -2.34. The van der Waals surface area contributed by atoms with Crippen LogP contribution in [0.3, 0.4) is 0 Å². The minimum atomic E-state index is -3.69. The molecule has 2 aliphatic rings. The second-order valence-corrected chi connectivity index (χ2v) is 11.1. The highest BCUT2D eigenvalue weighted by atomic mass is 32.2. The van der Waals surface area contributed by atoms with Crippen LogP contribution in [0.4, 0.5) is 0 Å². The molecule has 3 heterocycles. The van der Waals surface area contributed by atoms with Crippen LogP contribution in [0, 0.1) is 26.7 Å². The van der Waals surface area contributed by atoms with Gasteiger partial charge in [0.2, 0.25) is 15.9 Å². The highest BCUT2D eigenvalue weighted by molar-refractivity contribution is 7.89. The number of piperidine rings is 1. The second-order valence-electron chi connectivity index (χ2n) is 9.22. The van der Waals surface area contributed by atoms with E-state index in [1.807, 2.05) is 6.92 Å². The number of nitrogens with one attached hydrogen (secondary N) is 1. The average Bonchev–Trinajstić information content (AvgIpc) is 3.18. The number of rotatable bonds is 7. The Morgan fingerprint density at radius 1 is 1.09 bits per heavy atom. The number of ether oxygens (including phenoxy) is 1. The molecule has 0 radical (unpaired) electrons. The largest absolute Gasteiger partial charge is 0.379 e. The van der Waals surface area contributed by atoms with Gasteiger partial charge in [0.25, 0.3) is 0 Å². The van der Waals surface area contributed by atoms with E-state index in [2.05, 4.69) is 39.6 Å². The van der Waals surface area contributed by atoms with Crippen molar-refractivity contribution in [2.75, 3.05) is 45.9 Å². The van der Waals surface area contributed by atoms with Gasteiger partial charge in [-0.15, -0.1) is 0 Å². The number of hydrogen-bond acceptors (Lipinski definition) is 7. The van der Waals surface area contributed by atoms with E-state index in [0.29, 0.717) is 50.6 Å². The summed E-state index contributed by atoms with van der Waals surface area (Å²) in [6.07, 6.45) is 0.958. The predicted molar refractivity (Wildman–Crippen MR) is 127 cm³/mol. The molecule has 186 valence electrons. The van der Waals surface area contributed by atoms with Crippen molar-refractivity contribution in [3.63, 3.8) is 0 Å². The van der Waals surface area contributed by atoms with Crippen molar-refractivity contribution in [3.8, 4) is 0 Å². The summed E-state index contributed by atoms with van der Waals surface area (Å²) < 4.78 is 38.1. The zero-order valence-corrected chi connectivity index (χ0v) is 20.9. The summed E-state index contributed by atoms with van der Waals surface area (Å²) in [5.74, 6) is 0.0448. The van der Waals surface area contributed by atoms with Crippen LogP contribution in [0.2, 0.25) is 0 Å². The number of morpholine rings is 1. The van der Waals surface area contributed by atoms with Crippen molar-refractivity contribution in [1.29, 1.82) is 0 Å². The number of amides is 1. The number of carbonyl (C=O) groups is 1.